The molecule has 4 aromatic heterocycles. The van der Waals surface area contributed by atoms with E-state index >= 15 is 0 Å². The number of amides is 1. The van der Waals surface area contributed by atoms with Gasteiger partial charge in [-0.05, 0) is 25.1 Å². The van der Waals surface area contributed by atoms with E-state index in [4.69, 9.17) is 4.52 Å². The SMILES string of the molecule is Cc1[nH]ncc1Nc1nccc(-c2cccc(-c3cc([C@]4(O)CCN(C)C4=O)on3)n2)n1. The molecule has 1 saturated heterocycles. The number of carbonyl (C=O) groups excluding carboxylic acids is 1. The third kappa shape index (κ3) is 3.38. The summed E-state index contributed by atoms with van der Waals surface area (Å²) in [5, 5.41) is 24.7. The maximum absolute atomic E-state index is 12.3. The Labute approximate surface area is 182 Å². The van der Waals surface area contributed by atoms with Crippen molar-refractivity contribution >= 4 is 17.5 Å². The minimum Gasteiger partial charge on any atom is -0.373 e. The summed E-state index contributed by atoms with van der Waals surface area (Å²) in [6, 6.07) is 8.72. The van der Waals surface area contributed by atoms with Crippen LogP contribution in [0.4, 0.5) is 11.6 Å². The lowest BCUT2D eigenvalue weighted by atomic mass is 9.98. The number of aryl methyl sites for hydroxylation is 1. The highest BCUT2D eigenvalue weighted by Gasteiger charge is 2.48. The number of nitrogens with one attached hydrogen (secondary N) is 2. The van der Waals surface area contributed by atoms with Crippen LogP contribution in [-0.4, -0.2) is 59.8 Å². The van der Waals surface area contributed by atoms with Crippen LogP contribution in [0, 0.1) is 6.92 Å². The summed E-state index contributed by atoms with van der Waals surface area (Å²) in [7, 11) is 1.64. The van der Waals surface area contributed by atoms with Crippen LogP contribution in [0.1, 0.15) is 17.9 Å². The molecule has 0 aliphatic carbocycles. The Hall–Kier alpha value is -4.12. The number of aromatic amines is 1. The fourth-order valence-electron chi connectivity index (χ4n) is 3.55. The second-order valence-corrected chi connectivity index (χ2v) is 7.62. The molecule has 32 heavy (non-hydrogen) atoms. The second-order valence-electron chi connectivity index (χ2n) is 7.62. The van der Waals surface area contributed by atoms with Crippen molar-refractivity contribution in [1.82, 2.24) is 35.2 Å². The maximum atomic E-state index is 12.3. The highest BCUT2D eigenvalue weighted by molar-refractivity contribution is 5.87. The predicted octanol–water partition coefficient (Wildman–Crippen LogP) is 2.02. The number of aromatic nitrogens is 6. The van der Waals surface area contributed by atoms with Crippen LogP contribution in [-0.2, 0) is 10.4 Å². The van der Waals surface area contributed by atoms with Crippen LogP contribution in [0.5, 0.6) is 0 Å². The first-order valence-corrected chi connectivity index (χ1v) is 9.97. The first kappa shape index (κ1) is 19.8. The van der Waals surface area contributed by atoms with Gasteiger partial charge in [0.1, 0.15) is 5.69 Å². The summed E-state index contributed by atoms with van der Waals surface area (Å²) in [6.45, 7) is 2.34. The number of anilines is 2. The maximum Gasteiger partial charge on any atom is 0.262 e. The monoisotopic (exact) mass is 432 g/mol. The van der Waals surface area contributed by atoms with Crippen LogP contribution < -0.4 is 5.32 Å². The third-order valence-corrected chi connectivity index (χ3v) is 5.43. The van der Waals surface area contributed by atoms with Gasteiger partial charge in [-0.2, -0.15) is 5.10 Å². The zero-order valence-electron chi connectivity index (χ0n) is 17.4. The number of likely N-dealkylation sites (N-methyl/N-ethyl adjacent to an activating group) is 1. The number of rotatable bonds is 5. The van der Waals surface area contributed by atoms with Gasteiger partial charge in [-0.15, -0.1) is 0 Å². The van der Waals surface area contributed by atoms with E-state index in [1.54, 1.807) is 37.6 Å². The summed E-state index contributed by atoms with van der Waals surface area (Å²) < 4.78 is 5.33. The minimum absolute atomic E-state index is 0.109. The molecule has 1 amide bonds. The fraction of sp³-hybridized carbons (Fsp3) is 0.238. The van der Waals surface area contributed by atoms with E-state index in [0.717, 1.165) is 11.4 Å². The van der Waals surface area contributed by atoms with Gasteiger partial charge < -0.3 is 19.8 Å². The lowest BCUT2D eigenvalue weighted by Crippen LogP contribution is -2.35. The molecule has 0 spiro atoms. The zero-order valence-corrected chi connectivity index (χ0v) is 17.4. The molecule has 1 aliphatic rings. The molecular formula is C21H20N8O3. The van der Waals surface area contributed by atoms with Gasteiger partial charge in [-0.3, -0.25) is 9.89 Å². The summed E-state index contributed by atoms with van der Waals surface area (Å²) in [5.41, 5.74) is 2.12. The molecule has 0 saturated carbocycles. The Balaban J connectivity index is 1.43. The highest BCUT2D eigenvalue weighted by atomic mass is 16.5. The van der Waals surface area contributed by atoms with Crippen molar-refractivity contribution in [3.8, 4) is 22.8 Å². The van der Waals surface area contributed by atoms with Crippen molar-refractivity contribution in [2.45, 2.75) is 18.9 Å². The van der Waals surface area contributed by atoms with Crippen LogP contribution in [0.15, 0.2) is 47.2 Å². The molecule has 0 radical (unpaired) electrons. The average Bonchev–Trinajstić information content (AvgIpc) is 3.52. The number of carbonyl (C=O) groups is 1. The molecule has 11 heteroatoms. The first-order valence-electron chi connectivity index (χ1n) is 9.97. The van der Waals surface area contributed by atoms with Crippen molar-refractivity contribution in [3.05, 3.63) is 54.2 Å². The number of likely N-dealkylation sites (tertiary alicyclic amines) is 1. The lowest BCUT2D eigenvalue weighted by molar-refractivity contribution is -0.144. The molecule has 3 N–H and O–H groups in total. The Morgan fingerprint density at radius 2 is 1.97 bits per heavy atom. The van der Waals surface area contributed by atoms with Gasteiger partial charge in [0, 0.05) is 32.3 Å². The van der Waals surface area contributed by atoms with E-state index in [9.17, 15) is 9.90 Å². The van der Waals surface area contributed by atoms with Gasteiger partial charge in [0.2, 0.25) is 11.5 Å². The average molecular weight is 432 g/mol. The molecule has 1 fully saturated rings. The fourth-order valence-corrected chi connectivity index (χ4v) is 3.55. The molecular weight excluding hydrogens is 412 g/mol. The van der Waals surface area contributed by atoms with E-state index in [1.165, 1.54) is 4.90 Å². The van der Waals surface area contributed by atoms with Crippen LogP contribution in [0.2, 0.25) is 0 Å². The molecule has 5 rings (SSSR count). The van der Waals surface area contributed by atoms with Gasteiger partial charge in [-0.25, -0.2) is 15.0 Å². The van der Waals surface area contributed by atoms with Gasteiger partial charge >= 0.3 is 0 Å². The summed E-state index contributed by atoms with van der Waals surface area (Å²) in [5.74, 6) is 0.114. The van der Waals surface area contributed by atoms with E-state index in [1.807, 2.05) is 19.1 Å². The molecule has 5 heterocycles. The summed E-state index contributed by atoms with van der Waals surface area (Å²) >= 11 is 0. The van der Waals surface area contributed by atoms with Crippen molar-refractivity contribution in [3.63, 3.8) is 0 Å². The van der Waals surface area contributed by atoms with Gasteiger partial charge in [0.05, 0.1) is 34.7 Å². The Morgan fingerprint density at radius 1 is 1.19 bits per heavy atom. The Kier molecular flexibility index (Phi) is 4.67. The predicted molar refractivity (Wildman–Crippen MR) is 114 cm³/mol. The van der Waals surface area contributed by atoms with E-state index in [-0.39, 0.29) is 12.2 Å². The van der Waals surface area contributed by atoms with Gasteiger partial charge in [-0.1, -0.05) is 11.2 Å². The first-order chi connectivity index (χ1) is 15.4. The van der Waals surface area contributed by atoms with Crippen molar-refractivity contribution < 1.29 is 14.4 Å². The Morgan fingerprint density at radius 3 is 2.69 bits per heavy atom. The van der Waals surface area contributed by atoms with Crippen LogP contribution in [0.3, 0.4) is 0 Å². The smallest absolute Gasteiger partial charge is 0.262 e. The van der Waals surface area contributed by atoms with Gasteiger partial charge in [0.15, 0.2) is 5.76 Å². The number of hydrogen-bond donors (Lipinski definition) is 3. The number of nitrogens with zero attached hydrogens (tertiary/aromatic N) is 6. The molecule has 0 aromatic carbocycles. The topological polar surface area (TPSA) is 146 Å². The van der Waals surface area contributed by atoms with Crippen molar-refractivity contribution in [1.29, 1.82) is 0 Å². The van der Waals surface area contributed by atoms with Crippen molar-refractivity contribution in [2.75, 3.05) is 18.9 Å². The molecule has 0 unspecified atom stereocenters. The largest absolute Gasteiger partial charge is 0.373 e. The van der Waals surface area contributed by atoms with E-state index < -0.39 is 11.5 Å². The van der Waals surface area contributed by atoms with Crippen LogP contribution in [0.25, 0.3) is 22.8 Å². The molecule has 1 aliphatic heterocycles. The van der Waals surface area contributed by atoms with E-state index in [0.29, 0.717) is 35.3 Å². The van der Waals surface area contributed by atoms with Crippen LogP contribution >= 0.6 is 0 Å². The number of H-pyrrole nitrogens is 1. The molecule has 162 valence electrons. The lowest BCUT2D eigenvalue weighted by Gasteiger charge is -2.16. The third-order valence-electron chi connectivity index (χ3n) is 5.43. The second kappa shape index (κ2) is 7.54. The van der Waals surface area contributed by atoms with Gasteiger partial charge in [0.25, 0.3) is 5.91 Å². The normalized spacial score (nSPS) is 18.3. The molecule has 4 aromatic rings. The number of aliphatic hydroxyl groups is 1. The summed E-state index contributed by atoms with van der Waals surface area (Å²) in [4.78, 5) is 27.2. The number of hydrogen-bond acceptors (Lipinski definition) is 9. The minimum atomic E-state index is -1.70. The standard InChI is InChI=1S/C21H20N8O3/c1-12-17(11-23-27-12)26-20-22-8-6-15(25-20)13-4-3-5-14(24-13)16-10-18(32-28-16)21(31)7-9-29(2)19(21)30/h3-6,8,10-11,31H,7,9H2,1-2H3,(H,23,27)(H,22,25,26)/t21-/m1/s1. The van der Waals surface area contributed by atoms with Crippen molar-refractivity contribution in [2.24, 2.45) is 0 Å². The quantitative estimate of drug-likeness (QED) is 0.431. The Bertz CT molecular complexity index is 1300. The highest BCUT2D eigenvalue weighted by Crippen LogP contribution is 2.34. The molecule has 11 nitrogen and oxygen atoms in total. The van der Waals surface area contributed by atoms with E-state index in [2.05, 4.69) is 35.6 Å². The number of pyridine rings is 1. The molecule has 0 bridgehead atoms. The molecule has 1 atom stereocenters. The zero-order chi connectivity index (χ0) is 22.3. The summed E-state index contributed by atoms with van der Waals surface area (Å²) in [6.07, 6.45) is 3.55.